The van der Waals surface area contributed by atoms with Crippen LogP contribution in [-0.2, 0) is 0 Å². The van der Waals surface area contributed by atoms with E-state index in [0.29, 0.717) is 67.3 Å². The molecule has 0 atom stereocenters. The minimum Gasteiger partial charge on any atom is -0.245 e. The first kappa shape index (κ1) is 45.7. The number of aromatic nitrogens is 2. The molecule has 74 heavy (non-hydrogen) atoms. The van der Waals surface area contributed by atoms with E-state index >= 15 is 0 Å². The summed E-state index contributed by atoms with van der Waals surface area (Å²) in [6, 6.07) is 89.2. The van der Waals surface area contributed by atoms with Crippen molar-refractivity contribution in [2.24, 2.45) is 0 Å². The van der Waals surface area contributed by atoms with Crippen molar-refractivity contribution in [2.75, 3.05) is 0 Å². The Morgan fingerprint density at radius 3 is 0.608 bits per heavy atom. The minimum absolute atomic E-state index is 0.213. The lowest BCUT2D eigenvalue weighted by atomic mass is 9.85. The topological polar surface area (TPSA) is 121 Å². The molecule has 2 heterocycles. The number of nitriles is 4. The number of hydrogen-bond acceptors (Lipinski definition) is 6. The van der Waals surface area contributed by atoms with Crippen molar-refractivity contribution < 1.29 is 0 Å². The molecular formula is C68H40N6. The van der Waals surface area contributed by atoms with Gasteiger partial charge in [0.2, 0.25) is 0 Å². The molecule has 0 radical (unpaired) electrons. The van der Waals surface area contributed by atoms with Crippen LogP contribution in [0.5, 0.6) is 0 Å². The van der Waals surface area contributed by atoms with Crippen LogP contribution in [0.25, 0.3) is 112 Å². The fraction of sp³-hybridized carbons (Fsp3) is 0. The van der Waals surface area contributed by atoms with E-state index in [-0.39, 0.29) is 22.3 Å². The first-order valence-corrected chi connectivity index (χ1v) is 24.0. The Hall–Kier alpha value is -10.8. The van der Waals surface area contributed by atoms with Gasteiger partial charge in [0.05, 0.1) is 45.0 Å². The second-order valence-corrected chi connectivity index (χ2v) is 17.7. The Kier molecular flexibility index (Phi) is 12.5. The monoisotopic (exact) mass is 940 g/mol. The van der Waals surface area contributed by atoms with Crippen molar-refractivity contribution in [2.45, 2.75) is 0 Å². The summed E-state index contributed by atoms with van der Waals surface area (Å²) in [5, 5.41) is 45.1. The van der Waals surface area contributed by atoms with Gasteiger partial charge in [-0.15, -0.1) is 0 Å². The summed E-state index contributed by atoms with van der Waals surface area (Å²) < 4.78 is 0. The zero-order chi connectivity index (χ0) is 50.4. The molecule has 0 aliphatic rings. The number of rotatable bonds is 10. The molecule has 0 spiro atoms. The predicted molar refractivity (Wildman–Crippen MR) is 295 cm³/mol. The maximum Gasteiger partial charge on any atom is 0.102 e. The highest BCUT2D eigenvalue weighted by Gasteiger charge is 2.27. The van der Waals surface area contributed by atoms with Crippen LogP contribution in [-0.4, -0.2) is 9.97 Å². The van der Waals surface area contributed by atoms with E-state index in [0.717, 1.165) is 44.5 Å². The lowest BCUT2D eigenvalue weighted by Crippen LogP contribution is -2.03. The van der Waals surface area contributed by atoms with Crippen molar-refractivity contribution in [3.05, 3.63) is 265 Å². The Morgan fingerprint density at radius 1 is 0.203 bits per heavy atom. The zero-order valence-corrected chi connectivity index (χ0v) is 39.8. The molecule has 0 fully saturated rings. The molecule has 9 aromatic carbocycles. The highest BCUT2D eigenvalue weighted by Crippen LogP contribution is 2.44. The van der Waals surface area contributed by atoms with E-state index in [9.17, 15) is 21.0 Å². The highest BCUT2D eigenvalue weighted by molar-refractivity contribution is 5.94. The normalized spacial score (nSPS) is 10.6. The van der Waals surface area contributed by atoms with Gasteiger partial charge in [0, 0.05) is 33.4 Å². The average Bonchev–Trinajstić information content (AvgIpc) is 3.49. The van der Waals surface area contributed by atoms with Crippen LogP contribution in [0.4, 0.5) is 0 Å². The quantitative estimate of drug-likeness (QED) is 0.135. The Bertz CT molecular complexity index is 3530. The van der Waals surface area contributed by atoms with E-state index in [1.165, 1.54) is 0 Å². The summed E-state index contributed by atoms with van der Waals surface area (Å²) in [4.78, 5) is 10.4. The predicted octanol–water partition coefficient (Wildman–Crippen LogP) is 16.6. The van der Waals surface area contributed by atoms with E-state index < -0.39 is 0 Å². The Balaban J connectivity index is 1.12. The molecule has 0 N–H and O–H groups in total. The van der Waals surface area contributed by atoms with Gasteiger partial charge in [-0.3, -0.25) is 0 Å². The lowest BCUT2D eigenvalue weighted by molar-refractivity contribution is 1.27. The second-order valence-electron chi connectivity index (χ2n) is 17.7. The fourth-order valence-electron chi connectivity index (χ4n) is 9.65. The van der Waals surface area contributed by atoms with E-state index in [1.807, 2.05) is 243 Å². The molecule has 0 saturated heterocycles. The van der Waals surface area contributed by atoms with E-state index in [2.05, 4.69) is 24.3 Å². The summed E-state index contributed by atoms with van der Waals surface area (Å²) in [5.74, 6) is 0. The molecule has 6 heteroatoms. The van der Waals surface area contributed by atoms with Gasteiger partial charge in [-0.2, -0.15) is 21.0 Å². The van der Waals surface area contributed by atoms with Gasteiger partial charge in [0.1, 0.15) is 24.3 Å². The molecule has 0 saturated carbocycles. The summed E-state index contributed by atoms with van der Waals surface area (Å²) in [5.41, 5.74) is 15.3. The van der Waals surface area contributed by atoms with Crippen molar-refractivity contribution in [3.8, 4) is 136 Å². The van der Waals surface area contributed by atoms with Crippen LogP contribution < -0.4 is 0 Å². The Labute approximate surface area is 429 Å². The molecule has 11 aromatic rings. The third kappa shape index (κ3) is 8.76. The van der Waals surface area contributed by atoms with E-state index in [4.69, 9.17) is 9.97 Å². The summed E-state index contributed by atoms with van der Waals surface area (Å²) in [7, 11) is 0. The molecule has 11 rings (SSSR count). The van der Waals surface area contributed by atoms with Gasteiger partial charge in [-0.1, -0.05) is 237 Å². The van der Waals surface area contributed by atoms with Crippen LogP contribution in [0.2, 0.25) is 0 Å². The maximum atomic E-state index is 11.3. The standard InChI is InChI=1S/C68H40N6/c69-41-59-63(60(42-70)66(54-34-26-50(27-35-54)46-16-7-2-8-17-46)73-65(59)53-32-24-49(25-33-53)45-14-5-1-6-15-45)57-22-13-23-58(40-57)64-61(43-71)67(55-36-28-51(29-37-55)47-18-9-3-10-19-47)74-68(62(64)44-72)56-38-30-52(31-39-56)48-20-11-4-12-21-48/h1-40H. The van der Waals surface area contributed by atoms with Crippen LogP contribution in [0, 0.1) is 45.3 Å². The summed E-state index contributed by atoms with van der Waals surface area (Å²) >= 11 is 0. The molecule has 0 unspecified atom stereocenters. The Morgan fingerprint density at radius 2 is 0.392 bits per heavy atom. The van der Waals surface area contributed by atoms with Gasteiger partial charge in [0.15, 0.2) is 0 Å². The summed E-state index contributed by atoms with van der Waals surface area (Å²) in [6.45, 7) is 0. The average molecular weight is 941 g/mol. The van der Waals surface area contributed by atoms with Crippen molar-refractivity contribution in [1.82, 2.24) is 9.97 Å². The van der Waals surface area contributed by atoms with Crippen LogP contribution in [0.3, 0.4) is 0 Å². The van der Waals surface area contributed by atoms with Crippen molar-refractivity contribution >= 4 is 0 Å². The van der Waals surface area contributed by atoms with Gasteiger partial charge >= 0.3 is 0 Å². The third-order valence-electron chi connectivity index (χ3n) is 13.3. The molecule has 342 valence electrons. The number of pyridine rings is 2. The highest BCUT2D eigenvalue weighted by atomic mass is 14.7. The fourth-order valence-corrected chi connectivity index (χ4v) is 9.65. The maximum absolute atomic E-state index is 11.3. The SMILES string of the molecule is N#Cc1c(-c2ccc(-c3ccccc3)cc2)nc(-c2ccc(-c3ccccc3)cc2)c(C#N)c1-c1cccc(-c2c(C#N)c(-c3ccc(-c4ccccc4)cc3)nc(-c3ccc(-c4ccccc4)cc3)c2C#N)c1. The number of hydrogen-bond donors (Lipinski definition) is 0. The first-order chi connectivity index (χ1) is 36.5. The van der Waals surface area contributed by atoms with Gasteiger partial charge in [0.25, 0.3) is 0 Å². The molecule has 0 amide bonds. The first-order valence-electron chi connectivity index (χ1n) is 24.0. The van der Waals surface area contributed by atoms with Crippen LogP contribution >= 0.6 is 0 Å². The van der Waals surface area contributed by atoms with Gasteiger partial charge in [-0.05, 0) is 61.7 Å². The number of benzene rings is 9. The van der Waals surface area contributed by atoms with Crippen LogP contribution in [0.15, 0.2) is 243 Å². The van der Waals surface area contributed by atoms with Gasteiger partial charge in [-0.25, -0.2) is 9.97 Å². The van der Waals surface area contributed by atoms with Crippen LogP contribution in [0.1, 0.15) is 22.3 Å². The number of nitrogens with zero attached hydrogens (tertiary/aromatic N) is 6. The van der Waals surface area contributed by atoms with Crippen molar-refractivity contribution in [1.29, 1.82) is 21.0 Å². The largest absolute Gasteiger partial charge is 0.245 e. The minimum atomic E-state index is 0.213. The smallest absolute Gasteiger partial charge is 0.102 e. The third-order valence-corrected chi connectivity index (χ3v) is 13.3. The molecule has 0 aliphatic carbocycles. The second kappa shape index (κ2) is 20.3. The van der Waals surface area contributed by atoms with Gasteiger partial charge < -0.3 is 0 Å². The summed E-state index contributed by atoms with van der Waals surface area (Å²) in [6.07, 6.45) is 0. The molecule has 6 nitrogen and oxygen atoms in total. The van der Waals surface area contributed by atoms with Crippen molar-refractivity contribution in [3.63, 3.8) is 0 Å². The molecule has 0 bridgehead atoms. The molecule has 0 aliphatic heterocycles. The lowest BCUT2D eigenvalue weighted by Gasteiger charge is -2.19. The molecular weight excluding hydrogens is 901 g/mol. The van der Waals surface area contributed by atoms with E-state index in [1.54, 1.807) is 0 Å². The molecule has 2 aromatic heterocycles. The zero-order valence-electron chi connectivity index (χ0n) is 39.8.